The molecule has 1 N–H and O–H groups in total. The monoisotopic (exact) mass is 364 g/mol. The number of urea groups is 1. The van der Waals surface area contributed by atoms with Crippen LogP contribution in [0.15, 0.2) is 61.4 Å². The largest absolute Gasteiger partial charge is 0.350 e. The Morgan fingerprint density at radius 2 is 2.00 bits per heavy atom. The van der Waals surface area contributed by atoms with Crippen LogP contribution in [0, 0.1) is 0 Å². The molecule has 4 rings (SSSR count). The Morgan fingerprint density at radius 1 is 1.26 bits per heavy atom. The number of aromatic nitrogens is 1. The highest BCUT2D eigenvalue weighted by Gasteiger charge is 2.50. The summed E-state index contributed by atoms with van der Waals surface area (Å²) in [4.78, 5) is 37.0. The first kappa shape index (κ1) is 17.2. The van der Waals surface area contributed by atoms with Gasteiger partial charge in [-0.05, 0) is 28.8 Å². The number of pyridine rings is 1. The molecule has 27 heavy (non-hydrogen) atoms. The average molecular weight is 364 g/mol. The van der Waals surface area contributed by atoms with E-state index in [9.17, 15) is 9.59 Å². The van der Waals surface area contributed by atoms with Gasteiger partial charge >= 0.3 is 6.03 Å². The lowest BCUT2D eigenvalue weighted by Crippen LogP contribution is -2.43. The summed E-state index contributed by atoms with van der Waals surface area (Å²) in [6.07, 6.45) is 4.96. The number of rotatable bonds is 6. The van der Waals surface area contributed by atoms with E-state index in [1.54, 1.807) is 23.4 Å². The van der Waals surface area contributed by atoms with Gasteiger partial charge in [-0.15, -0.1) is 6.58 Å². The molecule has 2 unspecified atom stereocenters. The first-order valence-electron chi connectivity index (χ1n) is 8.79. The van der Waals surface area contributed by atoms with Crippen molar-refractivity contribution in [1.29, 1.82) is 0 Å². The fourth-order valence-corrected chi connectivity index (χ4v) is 3.62. The van der Waals surface area contributed by atoms with Crippen LogP contribution in [0.4, 0.5) is 4.79 Å². The van der Waals surface area contributed by atoms with Crippen LogP contribution in [0.25, 0.3) is 0 Å². The molecule has 3 amide bonds. The molecule has 7 heteroatoms. The van der Waals surface area contributed by atoms with Crippen LogP contribution in [-0.4, -0.2) is 40.0 Å². The molecule has 138 valence electrons. The second-order valence-electron chi connectivity index (χ2n) is 6.47. The minimum Gasteiger partial charge on any atom is -0.350 e. The molecule has 2 atom stereocenters. The van der Waals surface area contributed by atoms with Gasteiger partial charge < -0.3 is 10.2 Å². The van der Waals surface area contributed by atoms with E-state index >= 15 is 0 Å². The number of amides is 3. The van der Waals surface area contributed by atoms with Gasteiger partial charge in [-0.3, -0.25) is 14.6 Å². The minimum absolute atomic E-state index is 0.211. The molecular weight excluding hydrogens is 344 g/mol. The van der Waals surface area contributed by atoms with Crippen LogP contribution in [0.2, 0.25) is 0 Å². The summed E-state index contributed by atoms with van der Waals surface area (Å²) >= 11 is 0. The van der Waals surface area contributed by atoms with E-state index in [-0.39, 0.29) is 24.6 Å². The van der Waals surface area contributed by atoms with Gasteiger partial charge in [0.05, 0.1) is 13.2 Å². The Kier molecular flexibility index (Phi) is 4.60. The van der Waals surface area contributed by atoms with Crippen molar-refractivity contribution in [2.24, 2.45) is 0 Å². The Bertz CT molecular complexity index is 871. The highest BCUT2D eigenvalue weighted by molar-refractivity contribution is 5.90. The number of benzene rings is 1. The summed E-state index contributed by atoms with van der Waals surface area (Å²) in [6.45, 7) is 4.66. The predicted molar refractivity (Wildman–Crippen MR) is 98.1 cm³/mol. The molecule has 0 aliphatic carbocycles. The van der Waals surface area contributed by atoms with Crippen molar-refractivity contribution in [2.45, 2.75) is 18.6 Å². The zero-order valence-electron chi connectivity index (χ0n) is 14.7. The third kappa shape index (κ3) is 3.06. The van der Waals surface area contributed by atoms with Gasteiger partial charge in [0, 0.05) is 18.9 Å². The normalized spacial score (nSPS) is 20.4. The first-order chi connectivity index (χ1) is 13.2. The van der Waals surface area contributed by atoms with E-state index in [0.717, 1.165) is 16.7 Å². The second-order valence-corrected chi connectivity index (χ2v) is 6.47. The van der Waals surface area contributed by atoms with Crippen molar-refractivity contribution in [3.63, 3.8) is 0 Å². The number of nitrogens with zero attached hydrogens (tertiary/aromatic N) is 3. The van der Waals surface area contributed by atoms with Crippen molar-refractivity contribution in [1.82, 2.24) is 20.3 Å². The average Bonchev–Trinajstić information content (AvgIpc) is 2.98. The number of nitrogens with one attached hydrogen (secondary N) is 1. The van der Waals surface area contributed by atoms with Gasteiger partial charge in [-0.2, -0.15) is 5.06 Å². The Labute approximate surface area is 157 Å². The van der Waals surface area contributed by atoms with Crippen molar-refractivity contribution >= 4 is 11.9 Å². The summed E-state index contributed by atoms with van der Waals surface area (Å²) in [6, 6.07) is 10.1. The van der Waals surface area contributed by atoms with E-state index in [0.29, 0.717) is 13.1 Å². The van der Waals surface area contributed by atoms with Gasteiger partial charge in [-0.1, -0.05) is 30.3 Å². The zero-order valence-corrected chi connectivity index (χ0v) is 14.7. The predicted octanol–water partition coefficient (Wildman–Crippen LogP) is 2.35. The first-order valence-corrected chi connectivity index (χ1v) is 8.79. The molecule has 0 radical (unpaired) electrons. The van der Waals surface area contributed by atoms with Gasteiger partial charge in [0.2, 0.25) is 5.91 Å². The highest BCUT2D eigenvalue weighted by Crippen LogP contribution is 2.43. The Morgan fingerprint density at radius 3 is 2.74 bits per heavy atom. The third-order valence-corrected chi connectivity index (χ3v) is 4.84. The standard InChI is InChI=1S/C20H20N4O3/c1-2-11-27-24-17-13-23(20(24)26)18(16-6-4-3-5-15(16)17)19(25)22-12-14-7-9-21-10-8-14/h2-10,17-18H,1,11-13H2,(H,22,25). The summed E-state index contributed by atoms with van der Waals surface area (Å²) in [5, 5.41) is 4.29. The molecule has 1 aromatic heterocycles. The topological polar surface area (TPSA) is 74.8 Å². The molecule has 1 aromatic carbocycles. The molecule has 1 saturated heterocycles. The number of hydrogen-bond donors (Lipinski definition) is 1. The SMILES string of the molecule is C=CCON1C(=O)N2CC1c1ccccc1C2C(=O)NCc1ccncc1. The van der Waals surface area contributed by atoms with Crippen LogP contribution in [0.3, 0.4) is 0 Å². The van der Waals surface area contributed by atoms with E-state index in [4.69, 9.17) is 4.84 Å². The highest BCUT2D eigenvalue weighted by atomic mass is 16.7. The molecule has 0 spiro atoms. The maximum absolute atomic E-state index is 13.0. The van der Waals surface area contributed by atoms with E-state index in [1.165, 1.54) is 5.06 Å². The van der Waals surface area contributed by atoms with Crippen LogP contribution in [-0.2, 0) is 16.2 Å². The van der Waals surface area contributed by atoms with Crippen molar-refractivity contribution in [2.75, 3.05) is 13.2 Å². The number of fused-ring (bicyclic) bond motifs is 4. The minimum atomic E-state index is -0.677. The maximum Gasteiger partial charge on any atom is 0.345 e. The number of carbonyl (C=O) groups excluding carboxylic acids is 2. The molecule has 0 saturated carbocycles. The lowest BCUT2D eigenvalue weighted by atomic mass is 9.90. The molecular formula is C20H20N4O3. The maximum atomic E-state index is 13.0. The lowest BCUT2D eigenvalue weighted by molar-refractivity contribution is -0.126. The molecule has 2 bridgehead atoms. The quantitative estimate of drug-likeness (QED) is 0.799. The van der Waals surface area contributed by atoms with Crippen molar-refractivity contribution in [3.05, 3.63) is 78.1 Å². The fourth-order valence-electron chi connectivity index (χ4n) is 3.62. The smallest absolute Gasteiger partial charge is 0.345 e. The van der Waals surface area contributed by atoms with Crippen molar-refractivity contribution in [3.8, 4) is 0 Å². The Hall–Kier alpha value is -3.19. The lowest BCUT2D eigenvalue weighted by Gasteiger charge is -2.31. The van der Waals surface area contributed by atoms with E-state index in [2.05, 4.69) is 16.9 Å². The number of hydroxylamine groups is 2. The van der Waals surface area contributed by atoms with Gasteiger partial charge in [0.1, 0.15) is 12.1 Å². The molecule has 2 aromatic rings. The van der Waals surface area contributed by atoms with Crippen LogP contribution >= 0.6 is 0 Å². The van der Waals surface area contributed by atoms with Gasteiger partial charge in [0.15, 0.2) is 0 Å². The van der Waals surface area contributed by atoms with Crippen LogP contribution in [0.1, 0.15) is 28.8 Å². The summed E-state index contributed by atoms with van der Waals surface area (Å²) in [5.41, 5.74) is 2.72. The number of hydrogen-bond acceptors (Lipinski definition) is 4. The molecule has 1 fully saturated rings. The molecule has 2 aliphatic rings. The van der Waals surface area contributed by atoms with Crippen LogP contribution < -0.4 is 5.32 Å². The second kappa shape index (κ2) is 7.20. The van der Waals surface area contributed by atoms with E-state index < -0.39 is 6.04 Å². The Balaban J connectivity index is 1.60. The number of carbonyl (C=O) groups is 2. The summed E-state index contributed by atoms with van der Waals surface area (Å²) < 4.78 is 0. The molecule has 7 nitrogen and oxygen atoms in total. The fraction of sp³-hybridized carbons (Fsp3) is 0.250. The molecule has 3 heterocycles. The van der Waals surface area contributed by atoms with Crippen molar-refractivity contribution < 1.29 is 14.4 Å². The summed E-state index contributed by atoms with van der Waals surface area (Å²) in [5.74, 6) is -0.211. The van der Waals surface area contributed by atoms with Gasteiger partial charge in [-0.25, -0.2) is 4.79 Å². The third-order valence-electron chi connectivity index (χ3n) is 4.84. The summed E-state index contributed by atoms with van der Waals surface area (Å²) in [7, 11) is 0. The van der Waals surface area contributed by atoms with Crippen LogP contribution in [0.5, 0.6) is 0 Å². The van der Waals surface area contributed by atoms with Gasteiger partial charge in [0.25, 0.3) is 0 Å². The zero-order chi connectivity index (χ0) is 18.8. The molecule has 2 aliphatic heterocycles. The van der Waals surface area contributed by atoms with E-state index in [1.807, 2.05) is 36.4 Å².